The SMILES string of the molecule is COc1ccc(N2C(=O)C(=O)N(CC(=O)N(C)Cc3ccc(F)cc3)C2=O)cc1. The largest absolute Gasteiger partial charge is 0.497 e. The van der Waals surface area contributed by atoms with Crippen LogP contribution in [0.1, 0.15) is 5.56 Å². The maximum atomic E-state index is 13.0. The lowest BCUT2D eigenvalue weighted by Gasteiger charge is -2.20. The van der Waals surface area contributed by atoms with Crippen molar-refractivity contribution in [2.75, 3.05) is 25.6 Å². The van der Waals surface area contributed by atoms with E-state index in [9.17, 15) is 23.6 Å². The summed E-state index contributed by atoms with van der Waals surface area (Å²) in [4.78, 5) is 52.2. The first-order valence-corrected chi connectivity index (χ1v) is 8.64. The molecule has 0 unspecified atom stereocenters. The Morgan fingerprint density at radius 2 is 1.62 bits per heavy atom. The first-order valence-electron chi connectivity index (χ1n) is 8.64. The van der Waals surface area contributed by atoms with E-state index in [1.165, 1.54) is 55.5 Å². The normalized spacial score (nSPS) is 13.8. The number of nitrogens with zero attached hydrogens (tertiary/aromatic N) is 3. The average molecular weight is 399 g/mol. The van der Waals surface area contributed by atoms with E-state index in [0.717, 1.165) is 4.90 Å². The van der Waals surface area contributed by atoms with Gasteiger partial charge in [-0.25, -0.2) is 19.0 Å². The molecular weight excluding hydrogens is 381 g/mol. The number of carbonyl (C=O) groups is 4. The summed E-state index contributed by atoms with van der Waals surface area (Å²) in [6.45, 7) is -0.417. The lowest BCUT2D eigenvalue weighted by Crippen LogP contribution is -2.42. The van der Waals surface area contributed by atoms with E-state index >= 15 is 0 Å². The molecule has 1 fully saturated rings. The minimum atomic E-state index is -1.07. The van der Waals surface area contributed by atoms with Crippen molar-refractivity contribution in [3.63, 3.8) is 0 Å². The van der Waals surface area contributed by atoms with Crippen LogP contribution in [-0.4, -0.2) is 54.3 Å². The molecule has 8 nitrogen and oxygen atoms in total. The zero-order chi connectivity index (χ0) is 21.1. The maximum Gasteiger partial charge on any atom is 0.339 e. The number of rotatable bonds is 6. The lowest BCUT2D eigenvalue weighted by atomic mass is 10.2. The number of halogens is 1. The molecule has 1 aliphatic rings. The minimum Gasteiger partial charge on any atom is -0.497 e. The smallest absolute Gasteiger partial charge is 0.339 e. The summed E-state index contributed by atoms with van der Waals surface area (Å²) in [5.41, 5.74) is 0.876. The molecule has 1 saturated heterocycles. The van der Waals surface area contributed by atoms with E-state index in [-0.39, 0.29) is 12.2 Å². The first kappa shape index (κ1) is 20.0. The Morgan fingerprint density at radius 1 is 1.00 bits per heavy atom. The molecule has 1 aliphatic heterocycles. The minimum absolute atomic E-state index is 0.158. The van der Waals surface area contributed by atoms with Gasteiger partial charge in [-0.05, 0) is 42.0 Å². The van der Waals surface area contributed by atoms with Crippen LogP contribution in [0.25, 0.3) is 0 Å². The van der Waals surface area contributed by atoms with Crippen molar-refractivity contribution < 1.29 is 28.3 Å². The van der Waals surface area contributed by atoms with Crippen LogP contribution in [0.4, 0.5) is 14.9 Å². The quantitative estimate of drug-likeness (QED) is 0.546. The molecule has 9 heteroatoms. The molecule has 0 aliphatic carbocycles. The predicted octanol–water partition coefficient (Wildman–Crippen LogP) is 1.79. The highest BCUT2D eigenvalue weighted by Crippen LogP contribution is 2.24. The van der Waals surface area contributed by atoms with Gasteiger partial charge in [0, 0.05) is 13.6 Å². The van der Waals surface area contributed by atoms with Gasteiger partial charge in [0.1, 0.15) is 18.1 Å². The van der Waals surface area contributed by atoms with E-state index in [4.69, 9.17) is 4.74 Å². The van der Waals surface area contributed by atoms with Crippen LogP contribution in [0.3, 0.4) is 0 Å². The highest BCUT2D eigenvalue weighted by atomic mass is 19.1. The zero-order valence-corrected chi connectivity index (χ0v) is 15.8. The monoisotopic (exact) mass is 399 g/mol. The van der Waals surface area contributed by atoms with Gasteiger partial charge in [-0.3, -0.25) is 14.4 Å². The van der Waals surface area contributed by atoms with Gasteiger partial charge >= 0.3 is 17.8 Å². The van der Waals surface area contributed by atoms with Gasteiger partial charge < -0.3 is 9.64 Å². The van der Waals surface area contributed by atoms with Crippen LogP contribution in [-0.2, 0) is 20.9 Å². The number of urea groups is 1. The molecule has 5 amide bonds. The van der Waals surface area contributed by atoms with E-state index in [1.807, 2.05) is 0 Å². The van der Waals surface area contributed by atoms with E-state index in [1.54, 1.807) is 12.1 Å². The van der Waals surface area contributed by atoms with Crippen molar-refractivity contribution >= 4 is 29.4 Å². The van der Waals surface area contributed by atoms with Gasteiger partial charge in [-0.15, -0.1) is 0 Å². The maximum absolute atomic E-state index is 13.0. The third-order valence-corrected chi connectivity index (χ3v) is 4.44. The number of amides is 5. The second-order valence-corrected chi connectivity index (χ2v) is 6.39. The lowest BCUT2D eigenvalue weighted by molar-refractivity contribution is -0.142. The molecule has 0 spiro atoms. The van der Waals surface area contributed by atoms with E-state index in [2.05, 4.69) is 0 Å². The summed E-state index contributed by atoms with van der Waals surface area (Å²) < 4.78 is 18.0. The fourth-order valence-corrected chi connectivity index (χ4v) is 2.81. The Labute approximate surface area is 166 Å². The molecule has 1 heterocycles. The summed E-state index contributed by atoms with van der Waals surface area (Å²) in [6.07, 6.45) is 0. The third kappa shape index (κ3) is 4.08. The van der Waals surface area contributed by atoms with Crippen molar-refractivity contribution in [1.29, 1.82) is 0 Å². The number of imide groups is 2. The summed E-state index contributed by atoms with van der Waals surface area (Å²) in [5.74, 6) is -2.52. The van der Waals surface area contributed by atoms with Gasteiger partial charge in [-0.2, -0.15) is 0 Å². The summed E-state index contributed by atoms with van der Waals surface area (Å²) in [7, 11) is 2.96. The number of methoxy groups -OCH3 is 1. The molecule has 2 aromatic carbocycles. The zero-order valence-electron chi connectivity index (χ0n) is 15.8. The second-order valence-electron chi connectivity index (χ2n) is 6.39. The van der Waals surface area contributed by atoms with Crippen molar-refractivity contribution in [3.05, 3.63) is 59.9 Å². The molecule has 150 valence electrons. The van der Waals surface area contributed by atoms with Gasteiger partial charge in [0.25, 0.3) is 0 Å². The second kappa shape index (κ2) is 8.09. The van der Waals surface area contributed by atoms with Gasteiger partial charge in [-0.1, -0.05) is 12.1 Å². The van der Waals surface area contributed by atoms with Gasteiger partial charge in [0.05, 0.1) is 12.8 Å². The molecule has 29 heavy (non-hydrogen) atoms. The highest BCUT2D eigenvalue weighted by molar-refractivity contribution is 6.53. The molecule has 0 N–H and O–H groups in total. The Bertz CT molecular complexity index is 959. The number of anilines is 1. The molecule has 0 saturated carbocycles. The third-order valence-electron chi connectivity index (χ3n) is 4.44. The average Bonchev–Trinajstić information content (AvgIpc) is 2.93. The molecule has 0 radical (unpaired) electrons. The van der Waals surface area contributed by atoms with Crippen LogP contribution in [0, 0.1) is 5.82 Å². The fraction of sp³-hybridized carbons (Fsp3) is 0.200. The van der Waals surface area contributed by atoms with Gasteiger partial charge in [0.2, 0.25) is 5.91 Å². The van der Waals surface area contributed by atoms with Crippen LogP contribution >= 0.6 is 0 Å². The van der Waals surface area contributed by atoms with Gasteiger partial charge in [0.15, 0.2) is 0 Å². The van der Waals surface area contributed by atoms with Crippen LogP contribution in [0.5, 0.6) is 5.75 Å². The number of benzene rings is 2. The molecule has 0 atom stereocenters. The van der Waals surface area contributed by atoms with E-state index in [0.29, 0.717) is 16.2 Å². The molecule has 3 rings (SSSR count). The van der Waals surface area contributed by atoms with E-state index < -0.39 is 36.1 Å². The standard InChI is InChI=1S/C20H18FN3O5/c1-22(11-13-3-5-14(21)6-4-13)17(25)12-23-18(26)19(27)24(20(23)28)15-7-9-16(29-2)10-8-15/h3-10H,11-12H2,1-2H3. The number of likely N-dealkylation sites (N-methyl/N-ethyl adjacent to an activating group) is 1. The Morgan fingerprint density at radius 3 is 2.21 bits per heavy atom. The Kier molecular flexibility index (Phi) is 5.58. The summed E-state index contributed by atoms with van der Waals surface area (Å²) in [6, 6.07) is 10.7. The number of carbonyl (C=O) groups excluding carboxylic acids is 4. The molecular formula is C20H18FN3O5. The van der Waals surface area contributed by atoms with Crippen LogP contribution in [0.2, 0.25) is 0 Å². The Balaban J connectivity index is 1.70. The highest BCUT2D eigenvalue weighted by Gasteiger charge is 2.46. The van der Waals surface area contributed by atoms with Crippen molar-refractivity contribution in [3.8, 4) is 5.75 Å². The fourth-order valence-electron chi connectivity index (χ4n) is 2.81. The first-order chi connectivity index (χ1) is 13.8. The van der Waals surface area contributed by atoms with Crippen LogP contribution in [0.15, 0.2) is 48.5 Å². The number of ether oxygens (including phenoxy) is 1. The number of hydrogen-bond acceptors (Lipinski definition) is 5. The van der Waals surface area contributed by atoms with Crippen molar-refractivity contribution in [1.82, 2.24) is 9.80 Å². The summed E-state index contributed by atoms with van der Waals surface area (Å²) in [5, 5.41) is 0. The topological polar surface area (TPSA) is 87.2 Å². The Hall–Kier alpha value is -3.75. The molecule has 0 aromatic heterocycles. The predicted molar refractivity (Wildman–Crippen MR) is 100 cm³/mol. The van der Waals surface area contributed by atoms with Crippen molar-refractivity contribution in [2.45, 2.75) is 6.54 Å². The molecule has 0 bridgehead atoms. The van der Waals surface area contributed by atoms with Crippen molar-refractivity contribution in [2.24, 2.45) is 0 Å². The summed E-state index contributed by atoms with van der Waals surface area (Å²) >= 11 is 0. The van der Waals surface area contributed by atoms with Crippen LogP contribution < -0.4 is 9.64 Å². The number of hydrogen-bond donors (Lipinski definition) is 0. The molecule has 2 aromatic rings.